The van der Waals surface area contributed by atoms with Crippen molar-refractivity contribution < 1.29 is 9.53 Å². The summed E-state index contributed by atoms with van der Waals surface area (Å²) in [4.78, 5) is 14.5. The van der Waals surface area contributed by atoms with Crippen LogP contribution >= 0.6 is 0 Å². The molecule has 2 unspecified atom stereocenters. The van der Waals surface area contributed by atoms with Crippen molar-refractivity contribution in [3.05, 3.63) is 23.8 Å². The van der Waals surface area contributed by atoms with Gasteiger partial charge in [-0.1, -0.05) is 12.8 Å². The van der Waals surface area contributed by atoms with Gasteiger partial charge < -0.3 is 15.4 Å². The first-order chi connectivity index (χ1) is 10.2. The number of rotatable bonds is 3. The molecule has 1 saturated heterocycles. The van der Waals surface area contributed by atoms with E-state index >= 15 is 0 Å². The lowest BCUT2D eigenvalue weighted by atomic mass is 9.85. The van der Waals surface area contributed by atoms with E-state index in [4.69, 9.17) is 10.5 Å². The first kappa shape index (κ1) is 14.2. The number of hydrogen-bond acceptors (Lipinski definition) is 4. The highest BCUT2D eigenvalue weighted by Gasteiger charge is 2.35. The van der Waals surface area contributed by atoms with E-state index in [0.29, 0.717) is 23.9 Å². The summed E-state index contributed by atoms with van der Waals surface area (Å²) in [6.45, 7) is 3.27. The fourth-order valence-electron chi connectivity index (χ4n) is 3.83. The summed E-state index contributed by atoms with van der Waals surface area (Å²) in [5.41, 5.74) is 8.04. The maximum absolute atomic E-state index is 12.0. The Labute approximate surface area is 126 Å². The minimum atomic E-state index is -0.323. The van der Waals surface area contributed by atoms with E-state index in [0.717, 1.165) is 18.2 Å². The molecular weight excluding hydrogens is 264 g/mol. The number of nitrogens with zero attached hydrogens (tertiary/aromatic N) is 1. The summed E-state index contributed by atoms with van der Waals surface area (Å²) in [5.74, 6) is 0.499. The monoisotopic (exact) mass is 288 g/mol. The van der Waals surface area contributed by atoms with Crippen LogP contribution in [0.3, 0.4) is 0 Å². The molecule has 0 radical (unpaired) electrons. The molecule has 21 heavy (non-hydrogen) atoms. The standard InChI is InChI=1S/C17H24N2O2/c1-2-21-17(20)14-11-13(7-8-15(14)18)19-10-9-12-5-3-4-6-16(12)19/h7-8,11-12,16H,2-6,9-10,18H2,1H3. The Morgan fingerprint density at radius 2 is 2.14 bits per heavy atom. The van der Waals surface area contributed by atoms with E-state index < -0.39 is 0 Å². The van der Waals surface area contributed by atoms with Crippen LogP contribution in [0.5, 0.6) is 0 Å². The van der Waals surface area contributed by atoms with Crippen LogP contribution in [0.25, 0.3) is 0 Å². The van der Waals surface area contributed by atoms with Crippen LogP contribution in [0.1, 0.15) is 49.4 Å². The molecule has 0 aromatic heterocycles. The number of nitrogen functional groups attached to an aromatic ring is 1. The number of carbonyl (C=O) groups excluding carboxylic acids is 1. The van der Waals surface area contributed by atoms with Gasteiger partial charge in [-0.15, -0.1) is 0 Å². The summed E-state index contributed by atoms with van der Waals surface area (Å²) in [6.07, 6.45) is 6.57. The maximum Gasteiger partial charge on any atom is 0.340 e. The molecule has 1 aromatic rings. The molecule has 3 rings (SSSR count). The van der Waals surface area contributed by atoms with Gasteiger partial charge in [0.05, 0.1) is 12.2 Å². The number of esters is 1. The van der Waals surface area contributed by atoms with Crippen LogP contribution < -0.4 is 10.6 Å². The summed E-state index contributed by atoms with van der Waals surface area (Å²) in [6, 6.07) is 6.41. The lowest BCUT2D eigenvalue weighted by molar-refractivity contribution is 0.0527. The van der Waals surface area contributed by atoms with Gasteiger partial charge in [-0.3, -0.25) is 0 Å². The highest BCUT2D eigenvalue weighted by atomic mass is 16.5. The van der Waals surface area contributed by atoms with Crippen molar-refractivity contribution in [2.45, 2.75) is 45.1 Å². The molecule has 114 valence electrons. The minimum Gasteiger partial charge on any atom is -0.462 e. The number of benzene rings is 1. The van der Waals surface area contributed by atoms with Crippen LogP contribution in [-0.4, -0.2) is 25.2 Å². The molecule has 1 aromatic carbocycles. The van der Waals surface area contributed by atoms with Crippen molar-refractivity contribution in [2.75, 3.05) is 23.8 Å². The van der Waals surface area contributed by atoms with Crippen molar-refractivity contribution in [3.8, 4) is 0 Å². The van der Waals surface area contributed by atoms with Crippen LogP contribution in [0.2, 0.25) is 0 Å². The summed E-state index contributed by atoms with van der Waals surface area (Å²) >= 11 is 0. The Bertz CT molecular complexity index is 530. The van der Waals surface area contributed by atoms with Gasteiger partial charge in [0.25, 0.3) is 0 Å². The molecule has 1 aliphatic carbocycles. The molecule has 1 aliphatic heterocycles. The lowest BCUT2D eigenvalue weighted by Gasteiger charge is -2.33. The SMILES string of the molecule is CCOC(=O)c1cc(N2CCC3CCCCC32)ccc1N. The molecule has 2 fully saturated rings. The van der Waals surface area contributed by atoms with E-state index in [9.17, 15) is 4.79 Å². The second-order valence-electron chi connectivity index (χ2n) is 6.09. The van der Waals surface area contributed by atoms with Gasteiger partial charge in [-0.2, -0.15) is 0 Å². The van der Waals surface area contributed by atoms with E-state index in [-0.39, 0.29) is 5.97 Å². The van der Waals surface area contributed by atoms with Crippen LogP contribution in [0.4, 0.5) is 11.4 Å². The quantitative estimate of drug-likeness (QED) is 0.685. The Morgan fingerprint density at radius 3 is 2.95 bits per heavy atom. The van der Waals surface area contributed by atoms with E-state index in [2.05, 4.69) is 4.90 Å². The number of hydrogen-bond donors (Lipinski definition) is 1. The highest BCUT2D eigenvalue weighted by molar-refractivity contribution is 5.96. The van der Waals surface area contributed by atoms with Crippen molar-refractivity contribution in [2.24, 2.45) is 5.92 Å². The smallest absolute Gasteiger partial charge is 0.340 e. The second kappa shape index (κ2) is 5.96. The van der Waals surface area contributed by atoms with Crippen molar-refractivity contribution >= 4 is 17.3 Å². The number of anilines is 2. The van der Waals surface area contributed by atoms with Gasteiger partial charge >= 0.3 is 5.97 Å². The number of fused-ring (bicyclic) bond motifs is 1. The van der Waals surface area contributed by atoms with Gasteiger partial charge in [0.15, 0.2) is 0 Å². The summed E-state index contributed by atoms with van der Waals surface area (Å²) < 4.78 is 5.10. The Morgan fingerprint density at radius 1 is 1.33 bits per heavy atom. The van der Waals surface area contributed by atoms with Crippen LogP contribution in [0.15, 0.2) is 18.2 Å². The molecule has 1 saturated carbocycles. The van der Waals surface area contributed by atoms with Gasteiger partial charge in [-0.25, -0.2) is 4.79 Å². The molecule has 4 heteroatoms. The normalized spacial score (nSPS) is 24.7. The third kappa shape index (κ3) is 2.71. The molecule has 1 heterocycles. The average Bonchev–Trinajstić information content (AvgIpc) is 2.92. The molecule has 2 atom stereocenters. The van der Waals surface area contributed by atoms with Gasteiger partial charge in [-0.05, 0) is 50.3 Å². The Hall–Kier alpha value is -1.71. The number of carbonyl (C=O) groups is 1. The van der Waals surface area contributed by atoms with Gasteiger partial charge in [0, 0.05) is 24.0 Å². The third-order valence-corrected chi connectivity index (χ3v) is 4.87. The number of ether oxygens (including phenoxy) is 1. The predicted molar refractivity (Wildman–Crippen MR) is 84.5 cm³/mol. The van der Waals surface area contributed by atoms with Crippen molar-refractivity contribution in [3.63, 3.8) is 0 Å². The zero-order valence-electron chi connectivity index (χ0n) is 12.7. The molecule has 2 aliphatic rings. The van der Waals surface area contributed by atoms with Crippen LogP contribution in [0, 0.1) is 5.92 Å². The second-order valence-corrected chi connectivity index (χ2v) is 6.09. The van der Waals surface area contributed by atoms with E-state index in [1.807, 2.05) is 25.1 Å². The molecule has 0 spiro atoms. The van der Waals surface area contributed by atoms with Crippen LogP contribution in [-0.2, 0) is 4.74 Å². The first-order valence-electron chi connectivity index (χ1n) is 8.04. The van der Waals surface area contributed by atoms with E-state index in [1.165, 1.54) is 32.1 Å². The summed E-state index contributed by atoms with van der Waals surface area (Å²) in [7, 11) is 0. The molecule has 0 amide bonds. The average molecular weight is 288 g/mol. The fraction of sp³-hybridized carbons (Fsp3) is 0.588. The molecule has 2 N–H and O–H groups in total. The maximum atomic E-state index is 12.0. The zero-order chi connectivity index (χ0) is 14.8. The highest BCUT2D eigenvalue weighted by Crippen LogP contribution is 2.39. The Balaban J connectivity index is 1.85. The zero-order valence-corrected chi connectivity index (χ0v) is 12.7. The lowest BCUT2D eigenvalue weighted by Crippen LogP contribution is -2.34. The molecular formula is C17H24N2O2. The van der Waals surface area contributed by atoms with Crippen molar-refractivity contribution in [1.82, 2.24) is 0 Å². The van der Waals surface area contributed by atoms with E-state index in [1.54, 1.807) is 0 Å². The Kier molecular flexibility index (Phi) is 4.04. The number of nitrogens with two attached hydrogens (primary N) is 1. The molecule has 0 bridgehead atoms. The molecule has 4 nitrogen and oxygen atoms in total. The van der Waals surface area contributed by atoms with Gasteiger partial charge in [0.2, 0.25) is 0 Å². The largest absolute Gasteiger partial charge is 0.462 e. The predicted octanol–water partition coefficient (Wildman–Crippen LogP) is 3.21. The first-order valence-corrected chi connectivity index (χ1v) is 8.04. The van der Waals surface area contributed by atoms with Crippen molar-refractivity contribution in [1.29, 1.82) is 0 Å². The minimum absolute atomic E-state index is 0.323. The topological polar surface area (TPSA) is 55.6 Å². The summed E-state index contributed by atoms with van der Waals surface area (Å²) in [5, 5.41) is 0. The van der Waals surface area contributed by atoms with Gasteiger partial charge in [0.1, 0.15) is 0 Å². The third-order valence-electron chi connectivity index (χ3n) is 4.87. The fourth-order valence-corrected chi connectivity index (χ4v) is 3.83.